The van der Waals surface area contributed by atoms with E-state index in [1.165, 1.54) is 12.8 Å². The maximum atomic E-state index is 12.4. The molecule has 7 heteroatoms. The lowest BCUT2D eigenvalue weighted by Gasteiger charge is -2.23. The number of allylic oxidation sites excluding steroid dienone is 1. The molecule has 6 nitrogen and oxygen atoms in total. The second-order valence-corrected chi connectivity index (χ2v) is 8.22. The molecule has 168 valence electrons. The van der Waals surface area contributed by atoms with Crippen LogP contribution in [-0.4, -0.2) is 43.1 Å². The summed E-state index contributed by atoms with van der Waals surface area (Å²) in [6, 6.07) is 12.5. The molecule has 0 unspecified atom stereocenters. The second-order valence-electron chi connectivity index (χ2n) is 8.22. The number of amides is 1. The van der Waals surface area contributed by atoms with Crippen LogP contribution in [0.15, 0.2) is 53.7 Å². The van der Waals surface area contributed by atoms with Gasteiger partial charge in [-0.25, -0.2) is 4.39 Å². The van der Waals surface area contributed by atoms with Gasteiger partial charge in [0.1, 0.15) is 12.4 Å². The molecule has 32 heavy (non-hydrogen) atoms. The Bertz CT molecular complexity index is 1010. The summed E-state index contributed by atoms with van der Waals surface area (Å²) in [5, 5.41) is 21.1. The molecule has 2 aromatic rings. The van der Waals surface area contributed by atoms with Gasteiger partial charge < -0.3 is 20.6 Å². The Balaban J connectivity index is 1.49. The van der Waals surface area contributed by atoms with E-state index in [1.54, 1.807) is 24.3 Å². The SMILES string of the molecule is O=C(CF)Nc1ccc(-c2cccc(C3=CC(CCC4CCNCC4)=NOC3)c2O)cc1. The van der Waals surface area contributed by atoms with Gasteiger partial charge in [-0.15, -0.1) is 0 Å². The predicted molar refractivity (Wildman–Crippen MR) is 124 cm³/mol. The number of phenolic OH excluding ortho intramolecular Hbond substituents is 1. The zero-order chi connectivity index (χ0) is 22.3. The minimum atomic E-state index is -1.06. The van der Waals surface area contributed by atoms with Crippen LogP contribution in [0.25, 0.3) is 16.7 Å². The average Bonchev–Trinajstić information content (AvgIpc) is 2.84. The predicted octanol–water partition coefficient (Wildman–Crippen LogP) is 4.52. The molecule has 1 saturated heterocycles. The Morgan fingerprint density at radius 1 is 1.16 bits per heavy atom. The van der Waals surface area contributed by atoms with Gasteiger partial charge in [-0.05, 0) is 68.5 Å². The highest BCUT2D eigenvalue weighted by atomic mass is 19.1. The quantitative estimate of drug-likeness (QED) is 0.595. The Kier molecular flexibility index (Phi) is 7.17. The molecule has 0 bridgehead atoms. The van der Waals surface area contributed by atoms with E-state index < -0.39 is 12.6 Å². The van der Waals surface area contributed by atoms with Crippen LogP contribution in [0.1, 0.15) is 31.2 Å². The van der Waals surface area contributed by atoms with Crippen LogP contribution in [0.5, 0.6) is 5.75 Å². The number of hydrogen-bond acceptors (Lipinski definition) is 5. The van der Waals surface area contributed by atoms with Gasteiger partial charge in [0.2, 0.25) is 0 Å². The van der Waals surface area contributed by atoms with Crippen molar-refractivity contribution in [2.75, 3.05) is 31.7 Å². The molecule has 2 aliphatic rings. The van der Waals surface area contributed by atoms with Crippen molar-refractivity contribution in [3.63, 3.8) is 0 Å². The van der Waals surface area contributed by atoms with Crippen molar-refractivity contribution in [1.29, 1.82) is 0 Å². The van der Waals surface area contributed by atoms with Gasteiger partial charge in [0.25, 0.3) is 5.91 Å². The van der Waals surface area contributed by atoms with Crippen LogP contribution in [0.3, 0.4) is 0 Å². The molecule has 0 aliphatic carbocycles. The molecule has 0 atom stereocenters. The molecular formula is C25H28FN3O3. The van der Waals surface area contributed by atoms with Crippen molar-refractivity contribution in [2.24, 2.45) is 11.1 Å². The first-order valence-corrected chi connectivity index (χ1v) is 11.0. The molecule has 2 aliphatic heterocycles. The number of para-hydroxylation sites is 1. The fraction of sp³-hybridized carbons (Fsp3) is 0.360. The van der Waals surface area contributed by atoms with E-state index in [4.69, 9.17) is 4.84 Å². The van der Waals surface area contributed by atoms with E-state index in [-0.39, 0.29) is 5.75 Å². The summed E-state index contributed by atoms with van der Waals surface area (Å²) < 4.78 is 12.4. The molecule has 1 amide bonds. The molecular weight excluding hydrogens is 409 g/mol. The Hall–Kier alpha value is -3.19. The maximum Gasteiger partial charge on any atom is 0.255 e. The number of alkyl halides is 1. The number of carbonyl (C=O) groups excluding carboxylic acids is 1. The second kappa shape index (κ2) is 10.4. The van der Waals surface area contributed by atoms with Crippen molar-refractivity contribution < 1.29 is 19.1 Å². The van der Waals surface area contributed by atoms with Crippen LogP contribution < -0.4 is 10.6 Å². The van der Waals surface area contributed by atoms with Crippen LogP contribution in [-0.2, 0) is 9.63 Å². The summed E-state index contributed by atoms with van der Waals surface area (Å²) in [5.74, 6) is 0.194. The molecule has 0 radical (unpaired) electrons. The fourth-order valence-corrected chi connectivity index (χ4v) is 4.21. The normalized spacial score (nSPS) is 16.7. The number of aromatic hydroxyl groups is 1. The zero-order valence-electron chi connectivity index (χ0n) is 17.9. The number of nitrogens with zero attached hydrogens (tertiary/aromatic N) is 1. The minimum absolute atomic E-state index is 0.169. The smallest absolute Gasteiger partial charge is 0.255 e. The van der Waals surface area contributed by atoms with E-state index in [2.05, 4.69) is 15.8 Å². The van der Waals surface area contributed by atoms with E-state index >= 15 is 0 Å². The number of nitrogens with one attached hydrogen (secondary N) is 2. The summed E-state index contributed by atoms with van der Waals surface area (Å²) in [6.07, 6.45) is 6.37. The number of phenols is 1. The minimum Gasteiger partial charge on any atom is -0.507 e. The highest BCUT2D eigenvalue weighted by Gasteiger charge is 2.18. The van der Waals surface area contributed by atoms with E-state index in [9.17, 15) is 14.3 Å². The topological polar surface area (TPSA) is 83.0 Å². The highest BCUT2D eigenvalue weighted by molar-refractivity contribution is 6.02. The molecule has 2 aromatic carbocycles. The van der Waals surface area contributed by atoms with Gasteiger partial charge in [-0.2, -0.15) is 0 Å². The van der Waals surface area contributed by atoms with Gasteiger partial charge in [0, 0.05) is 22.4 Å². The first-order valence-electron chi connectivity index (χ1n) is 11.0. The first kappa shape index (κ1) is 22.0. The molecule has 0 saturated carbocycles. The van der Waals surface area contributed by atoms with Crippen molar-refractivity contribution in [1.82, 2.24) is 5.32 Å². The number of benzene rings is 2. The Labute approximate surface area is 187 Å². The number of carbonyl (C=O) groups is 1. The largest absolute Gasteiger partial charge is 0.507 e. The summed E-state index contributed by atoms with van der Waals surface area (Å²) in [6.45, 7) is 1.41. The fourth-order valence-electron chi connectivity index (χ4n) is 4.21. The molecule has 3 N–H and O–H groups in total. The van der Waals surface area contributed by atoms with Gasteiger partial charge >= 0.3 is 0 Å². The van der Waals surface area contributed by atoms with Crippen LogP contribution >= 0.6 is 0 Å². The van der Waals surface area contributed by atoms with E-state index in [1.807, 2.05) is 24.3 Å². The lowest BCUT2D eigenvalue weighted by molar-refractivity contribution is -0.117. The van der Waals surface area contributed by atoms with Gasteiger partial charge in [0.15, 0.2) is 6.67 Å². The van der Waals surface area contributed by atoms with Crippen molar-refractivity contribution in [2.45, 2.75) is 25.7 Å². The number of piperidine rings is 1. The maximum absolute atomic E-state index is 12.4. The molecule has 4 rings (SSSR count). The summed E-state index contributed by atoms with van der Waals surface area (Å²) in [5.41, 5.74) is 4.48. The van der Waals surface area contributed by atoms with Crippen molar-refractivity contribution in [3.8, 4) is 16.9 Å². The number of hydrogen-bond donors (Lipinski definition) is 3. The lowest BCUT2D eigenvalue weighted by atomic mass is 9.91. The third-order valence-electron chi connectivity index (χ3n) is 5.99. The van der Waals surface area contributed by atoms with Crippen LogP contribution in [0.4, 0.5) is 10.1 Å². The lowest BCUT2D eigenvalue weighted by Crippen LogP contribution is -2.28. The molecule has 0 spiro atoms. The summed E-state index contributed by atoms with van der Waals surface area (Å²) in [7, 11) is 0. The summed E-state index contributed by atoms with van der Waals surface area (Å²) in [4.78, 5) is 16.7. The monoisotopic (exact) mass is 437 g/mol. The van der Waals surface area contributed by atoms with Crippen LogP contribution in [0.2, 0.25) is 0 Å². The number of rotatable bonds is 7. The first-order chi connectivity index (χ1) is 15.6. The number of halogens is 1. The van der Waals surface area contributed by atoms with Gasteiger partial charge in [-0.3, -0.25) is 4.79 Å². The highest BCUT2D eigenvalue weighted by Crippen LogP contribution is 2.37. The Morgan fingerprint density at radius 2 is 1.91 bits per heavy atom. The average molecular weight is 438 g/mol. The third kappa shape index (κ3) is 5.34. The standard InChI is InChI=1S/C25H28FN3O3/c26-15-24(30)28-20-8-5-18(6-9-20)22-2-1-3-23(25(22)31)19-14-21(29-32-16-19)7-4-17-10-12-27-13-11-17/h1-3,5-6,8-9,14,17,27,31H,4,7,10-13,15-16H2,(H,28,30). The van der Waals surface area contributed by atoms with E-state index in [0.29, 0.717) is 29.3 Å². The van der Waals surface area contributed by atoms with Crippen molar-refractivity contribution >= 4 is 22.9 Å². The third-order valence-corrected chi connectivity index (χ3v) is 5.99. The molecule has 0 aromatic heterocycles. The number of oxime groups is 1. The van der Waals surface area contributed by atoms with Crippen LogP contribution in [0, 0.1) is 5.92 Å². The van der Waals surface area contributed by atoms with Gasteiger partial charge in [-0.1, -0.05) is 35.5 Å². The zero-order valence-corrected chi connectivity index (χ0v) is 17.9. The van der Waals surface area contributed by atoms with Gasteiger partial charge in [0.05, 0.1) is 5.71 Å². The summed E-state index contributed by atoms with van der Waals surface area (Å²) >= 11 is 0. The van der Waals surface area contributed by atoms with Crippen molar-refractivity contribution in [3.05, 3.63) is 54.1 Å². The molecule has 2 heterocycles. The van der Waals surface area contributed by atoms with E-state index in [0.717, 1.165) is 42.8 Å². The Morgan fingerprint density at radius 3 is 2.66 bits per heavy atom. The number of anilines is 1. The molecule has 1 fully saturated rings.